The number of likely N-dealkylation sites (N-methyl/N-ethyl adjacent to an activating group) is 1. The number of benzene rings is 1. The van der Waals surface area contributed by atoms with Gasteiger partial charge < -0.3 is 9.80 Å². The zero-order chi connectivity index (χ0) is 16.4. The highest BCUT2D eigenvalue weighted by molar-refractivity contribution is 5.46. The molecule has 2 atom stereocenters. The van der Waals surface area contributed by atoms with Crippen LogP contribution in [0.4, 0.5) is 5.69 Å². The number of nitrogens with zero attached hydrogens (tertiary/aromatic N) is 4. The van der Waals surface area contributed by atoms with Crippen LogP contribution in [0.2, 0.25) is 0 Å². The summed E-state index contributed by atoms with van der Waals surface area (Å²) < 4.78 is 0. The highest BCUT2D eigenvalue weighted by Gasteiger charge is 2.34. The van der Waals surface area contributed by atoms with E-state index in [1.165, 1.54) is 64.2 Å². The molecule has 4 heteroatoms. The van der Waals surface area contributed by atoms with E-state index in [0.29, 0.717) is 0 Å². The molecule has 1 aromatic carbocycles. The van der Waals surface area contributed by atoms with Crippen molar-refractivity contribution >= 4 is 5.69 Å². The molecule has 0 N–H and O–H groups in total. The number of likely N-dealkylation sites (tertiary alicyclic amines) is 1. The van der Waals surface area contributed by atoms with Gasteiger partial charge >= 0.3 is 0 Å². The molecule has 3 fully saturated rings. The first-order valence-electron chi connectivity index (χ1n) is 9.76. The second-order valence-corrected chi connectivity index (χ2v) is 7.80. The third-order valence-corrected chi connectivity index (χ3v) is 6.46. The Morgan fingerprint density at radius 1 is 0.792 bits per heavy atom. The molecule has 4 rings (SSSR count). The van der Waals surface area contributed by atoms with Crippen LogP contribution in [0, 0.1) is 0 Å². The van der Waals surface area contributed by atoms with Crippen molar-refractivity contribution in [1.29, 1.82) is 0 Å². The van der Waals surface area contributed by atoms with E-state index in [1.54, 1.807) is 0 Å². The summed E-state index contributed by atoms with van der Waals surface area (Å²) in [4.78, 5) is 10.6. The molecule has 0 saturated carbocycles. The van der Waals surface area contributed by atoms with E-state index in [9.17, 15) is 0 Å². The van der Waals surface area contributed by atoms with Gasteiger partial charge in [-0.25, -0.2) is 0 Å². The molecule has 1 aromatic rings. The lowest BCUT2D eigenvalue weighted by Crippen LogP contribution is -2.49. The van der Waals surface area contributed by atoms with Crippen LogP contribution in [-0.4, -0.2) is 86.2 Å². The van der Waals surface area contributed by atoms with Crippen molar-refractivity contribution < 1.29 is 0 Å². The van der Waals surface area contributed by atoms with Crippen molar-refractivity contribution in [2.45, 2.75) is 31.3 Å². The van der Waals surface area contributed by atoms with Crippen LogP contribution in [0.15, 0.2) is 30.3 Å². The fourth-order valence-corrected chi connectivity index (χ4v) is 4.73. The number of hydrogen-bond acceptors (Lipinski definition) is 4. The molecule has 2 bridgehead atoms. The molecule has 3 aliphatic heterocycles. The summed E-state index contributed by atoms with van der Waals surface area (Å²) >= 11 is 0. The van der Waals surface area contributed by atoms with Crippen LogP contribution in [0.5, 0.6) is 0 Å². The van der Waals surface area contributed by atoms with Crippen LogP contribution < -0.4 is 4.90 Å². The highest BCUT2D eigenvalue weighted by atomic mass is 15.3. The third-order valence-electron chi connectivity index (χ3n) is 6.46. The highest BCUT2D eigenvalue weighted by Crippen LogP contribution is 2.28. The molecule has 132 valence electrons. The quantitative estimate of drug-likeness (QED) is 0.838. The van der Waals surface area contributed by atoms with Crippen LogP contribution >= 0.6 is 0 Å². The molecule has 0 radical (unpaired) electrons. The van der Waals surface area contributed by atoms with Crippen molar-refractivity contribution in [2.24, 2.45) is 0 Å². The number of anilines is 1. The molecule has 24 heavy (non-hydrogen) atoms. The average molecular weight is 329 g/mol. The molecule has 0 spiro atoms. The lowest BCUT2D eigenvalue weighted by molar-refractivity contribution is 0.181. The van der Waals surface area contributed by atoms with Gasteiger partial charge in [0, 0.05) is 63.6 Å². The zero-order valence-corrected chi connectivity index (χ0v) is 15.1. The van der Waals surface area contributed by atoms with E-state index in [4.69, 9.17) is 0 Å². The molecule has 3 aliphatic rings. The molecular weight excluding hydrogens is 296 g/mol. The molecule has 0 aromatic heterocycles. The fourth-order valence-electron chi connectivity index (χ4n) is 4.73. The molecule has 0 aliphatic carbocycles. The van der Waals surface area contributed by atoms with Gasteiger partial charge in [0.1, 0.15) is 0 Å². The van der Waals surface area contributed by atoms with Crippen LogP contribution in [0.1, 0.15) is 19.3 Å². The minimum atomic E-state index is 0.812. The predicted molar refractivity (Wildman–Crippen MR) is 101 cm³/mol. The maximum absolute atomic E-state index is 2.73. The standard InChI is InChI=1S/C20H32N4/c1-21-18-7-8-20(21)17-23(10-9-18)12-11-22-13-15-24(16-14-22)19-5-3-2-4-6-19/h2-6,18,20H,7-17H2,1H3/t18-,20+/m1/s1. The van der Waals surface area contributed by atoms with Gasteiger partial charge in [-0.1, -0.05) is 18.2 Å². The van der Waals surface area contributed by atoms with E-state index < -0.39 is 0 Å². The second-order valence-electron chi connectivity index (χ2n) is 7.80. The van der Waals surface area contributed by atoms with Crippen molar-refractivity contribution in [1.82, 2.24) is 14.7 Å². The van der Waals surface area contributed by atoms with Crippen molar-refractivity contribution in [3.05, 3.63) is 30.3 Å². The van der Waals surface area contributed by atoms with Gasteiger partial charge in [-0.2, -0.15) is 0 Å². The van der Waals surface area contributed by atoms with Gasteiger partial charge in [-0.3, -0.25) is 9.80 Å². The maximum atomic E-state index is 2.73. The molecule has 3 heterocycles. The fraction of sp³-hybridized carbons (Fsp3) is 0.700. The van der Waals surface area contributed by atoms with Gasteiger partial charge in [0.15, 0.2) is 0 Å². The molecular formula is C20H32N4. The van der Waals surface area contributed by atoms with Crippen molar-refractivity contribution in [3.63, 3.8) is 0 Å². The Kier molecular flexibility index (Phi) is 5.06. The molecule has 4 nitrogen and oxygen atoms in total. The number of piperazine rings is 1. The lowest BCUT2D eigenvalue weighted by atomic mass is 10.1. The first-order chi connectivity index (χ1) is 11.8. The van der Waals surface area contributed by atoms with Crippen LogP contribution in [0.3, 0.4) is 0 Å². The summed E-state index contributed by atoms with van der Waals surface area (Å²) in [6, 6.07) is 12.5. The Labute approximate surface area is 147 Å². The summed E-state index contributed by atoms with van der Waals surface area (Å²) in [5.41, 5.74) is 1.38. The Hall–Kier alpha value is -1.10. The zero-order valence-electron chi connectivity index (χ0n) is 15.1. The van der Waals surface area contributed by atoms with E-state index in [0.717, 1.165) is 25.2 Å². The molecule has 0 amide bonds. The minimum absolute atomic E-state index is 0.812. The second kappa shape index (κ2) is 7.42. The monoisotopic (exact) mass is 328 g/mol. The van der Waals surface area contributed by atoms with Crippen LogP contribution in [-0.2, 0) is 0 Å². The first-order valence-corrected chi connectivity index (χ1v) is 9.76. The third kappa shape index (κ3) is 3.61. The number of fused-ring (bicyclic) bond motifs is 2. The summed E-state index contributed by atoms with van der Waals surface area (Å²) in [6.07, 6.45) is 4.21. The number of para-hydroxylation sites is 1. The average Bonchev–Trinajstić information content (AvgIpc) is 2.88. The van der Waals surface area contributed by atoms with E-state index >= 15 is 0 Å². The van der Waals surface area contributed by atoms with Gasteiger partial charge in [0.2, 0.25) is 0 Å². The molecule has 0 unspecified atom stereocenters. The largest absolute Gasteiger partial charge is 0.369 e. The van der Waals surface area contributed by atoms with E-state index in [-0.39, 0.29) is 0 Å². The molecule has 3 saturated heterocycles. The normalized spacial score (nSPS) is 29.8. The summed E-state index contributed by atoms with van der Waals surface area (Å²) in [6.45, 7) is 9.82. The lowest BCUT2D eigenvalue weighted by Gasteiger charge is -2.37. The Morgan fingerprint density at radius 3 is 2.29 bits per heavy atom. The SMILES string of the molecule is CN1[C@@H]2CC[C@H]1CN(CCN1CCN(c3ccccc3)CC1)CC2. The summed E-state index contributed by atoms with van der Waals surface area (Å²) in [5, 5.41) is 0. The van der Waals surface area contributed by atoms with Gasteiger partial charge in [0.25, 0.3) is 0 Å². The van der Waals surface area contributed by atoms with Gasteiger partial charge in [0.05, 0.1) is 0 Å². The van der Waals surface area contributed by atoms with Crippen molar-refractivity contribution in [2.75, 3.05) is 64.3 Å². The summed E-state index contributed by atoms with van der Waals surface area (Å²) in [5.74, 6) is 0. The number of hydrogen-bond donors (Lipinski definition) is 0. The Balaban J connectivity index is 1.22. The van der Waals surface area contributed by atoms with Crippen LogP contribution in [0.25, 0.3) is 0 Å². The predicted octanol–water partition coefficient (Wildman–Crippen LogP) is 1.98. The smallest absolute Gasteiger partial charge is 0.0367 e. The van der Waals surface area contributed by atoms with E-state index in [2.05, 4.69) is 57.0 Å². The van der Waals surface area contributed by atoms with Gasteiger partial charge in [-0.15, -0.1) is 0 Å². The Morgan fingerprint density at radius 2 is 1.50 bits per heavy atom. The van der Waals surface area contributed by atoms with Gasteiger partial charge in [-0.05, 0) is 45.0 Å². The number of rotatable bonds is 4. The van der Waals surface area contributed by atoms with Crippen molar-refractivity contribution in [3.8, 4) is 0 Å². The maximum Gasteiger partial charge on any atom is 0.0367 e. The topological polar surface area (TPSA) is 13.0 Å². The summed E-state index contributed by atoms with van der Waals surface area (Å²) in [7, 11) is 2.34. The van der Waals surface area contributed by atoms with E-state index in [1.807, 2.05) is 0 Å². The first kappa shape index (κ1) is 16.4. The minimum Gasteiger partial charge on any atom is -0.369 e. The Bertz CT molecular complexity index is 512.